The Morgan fingerprint density at radius 2 is 1.85 bits per heavy atom. The zero-order valence-corrected chi connectivity index (χ0v) is 21.5. The third kappa shape index (κ3) is 6.40. The van der Waals surface area contributed by atoms with Gasteiger partial charge in [0.2, 0.25) is 0 Å². The molecule has 1 saturated heterocycles. The SMILES string of the molecule is CSN1Cc2nc(-c3ccc(NC(=O)NCCCC(C)(C)C)cc3)nc(N3CCOCC3)c2C1. The maximum absolute atomic E-state index is 12.2. The first-order valence-electron chi connectivity index (χ1n) is 12.0. The van der Waals surface area contributed by atoms with Crippen LogP contribution in [-0.2, 0) is 17.8 Å². The molecule has 0 unspecified atom stereocenters. The average molecular weight is 485 g/mol. The van der Waals surface area contributed by atoms with Gasteiger partial charge >= 0.3 is 6.03 Å². The number of rotatable bonds is 7. The summed E-state index contributed by atoms with van der Waals surface area (Å²) >= 11 is 1.74. The van der Waals surface area contributed by atoms with Crippen molar-refractivity contribution in [2.45, 2.75) is 46.7 Å². The highest BCUT2D eigenvalue weighted by Crippen LogP contribution is 2.34. The Morgan fingerprint density at radius 3 is 2.53 bits per heavy atom. The molecule has 0 aliphatic carbocycles. The molecule has 2 amide bonds. The minimum absolute atomic E-state index is 0.179. The number of carbonyl (C=O) groups is 1. The lowest BCUT2D eigenvalue weighted by molar-refractivity contribution is 0.122. The molecule has 184 valence electrons. The summed E-state index contributed by atoms with van der Waals surface area (Å²) in [6.45, 7) is 12.1. The second-order valence-electron chi connectivity index (χ2n) is 10.00. The zero-order valence-electron chi connectivity index (χ0n) is 20.7. The Kier molecular flexibility index (Phi) is 7.95. The molecule has 0 saturated carbocycles. The molecule has 1 fully saturated rings. The van der Waals surface area contributed by atoms with Crippen LogP contribution >= 0.6 is 11.9 Å². The van der Waals surface area contributed by atoms with Crippen molar-refractivity contribution in [2.24, 2.45) is 5.41 Å². The summed E-state index contributed by atoms with van der Waals surface area (Å²) in [7, 11) is 0. The first-order chi connectivity index (χ1) is 16.3. The van der Waals surface area contributed by atoms with E-state index in [9.17, 15) is 4.79 Å². The van der Waals surface area contributed by atoms with E-state index < -0.39 is 0 Å². The average Bonchev–Trinajstić information content (AvgIpc) is 3.25. The van der Waals surface area contributed by atoms with Gasteiger partial charge in [0.1, 0.15) is 5.82 Å². The van der Waals surface area contributed by atoms with Crippen LogP contribution in [-0.4, -0.2) is 59.4 Å². The van der Waals surface area contributed by atoms with E-state index in [0.29, 0.717) is 6.54 Å². The van der Waals surface area contributed by atoms with Gasteiger partial charge in [-0.05, 0) is 48.8 Å². The number of morpholine rings is 1. The highest BCUT2D eigenvalue weighted by atomic mass is 32.2. The first kappa shape index (κ1) is 24.8. The van der Waals surface area contributed by atoms with Gasteiger partial charge in [0, 0.05) is 43.0 Å². The molecule has 8 nitrogen and oxygen atoms in total. The Bertz CT molecular complexity index is 986. The number of urea groups is 1. The quantitative estimate of drug-likeness (QED) is 0.442. The van der Waals surface area contributed by atoms with Gasteiger partial charge in [0.05, 0.1) is 25.5 Å². The van der Waals surface area contributed by atoms with Crippen LogP contribution < -0.4 is 15.5 Å². The summed E-state index contributed by atoms with van der Waals surface area (Å²) in [5, 5.41) is 5.85. The summed E-state index contributed by atoms with van der Waals surface area (Å²) in [5.74, 6) is 1.75. The van der Waals surface area contributed by atoms with E-state index in [2.05, 4.69) is 46.9 Å². The van der Waals surface area contributed by atoms with Crippen molar-refractivity contribution in [1.29, 1.82) is 0 Å². The molecular weight excluding hydrogens is 448 g/mol. The molecule has 0 spiro atoms. The van der Waals surface area contributed by atoms with E-state index in [4.69, 9.17) is 14.7 Å². The monoisotopic (exact) mass is 484 g/mol. The summed E-state index contributed by atoms with van der Waals surface area (Å²) < 4.78 is 7.85. The highest BCUT2D eigenvalue weighted by molar-refractivity contribution is 7.96. The van der Waals surface area contributed by atoms with Crippen LogP contribution in [0.25, 0.3) is 11.4 Å². The largest absolute Gasteiger partial charge is 0.378 e. The van der Waals surface area contributed by atoms with E-state index in [0.717, 1.165) is 80.8 Å². The Morgan fingerprint density at radius 1 is 1.12 bits per heavy atom. The van der Waals surface area contributed by atoms with Crippen LogP contribution in [0.15, 0.2) is 24.3 Å². The van der Waals surface area contributed by atoms with Gasteiger partial charge in [0.15, 0.2) is 5.82 Å². The second-order valence-corrected chi connectivity index (χ2v) is 10.9. The van der Waals surface area contributed by atoms with Gasteiger partial charge < -0.3 is 20.3 Å². The van der Waals surface area contributed by atoms with Gasteiger partial charge in [-0.15, -0.1) is 0 Å². The molecule has 4 rings (SSSR count). The van der Waals surface area contributed by atoms with Crippen LogP contribution in [0.3, 0.4) is 0 Å². The van der Waals surface area contributed by atoms with Gasteiger partial charge in [-0.2, -0.15) is 0 Å². The second kappa shape index (κ2) is 10.9. The molecule has 0 radical (unpaired) electrons. The van der Waals surface area contributed by atoms with Crippen molar-refractivity contribution >= 4 is 29.5 Å². The van der Waals surface area contributed by atoms with Gasteiger partial charge in [-0.3, -0.25) is 0 Å². The maximum Gasteiger partial charge on any atom is 0.319 e. The number of hydrogen-bond donors (Lipinski definition) is 2. The normalized spacial score (nSPS) is 16.4. The van der Waals surface area contributed by atoms with Gasteiger partial charge in [-0.1, -0.05) is 32.7 Å². The summed E-state index contributed by atoms with van der Waals surface area (Å²) in [4.78, 5) is 24.5. The fourth-order valence-electron chi connectivity index (χ4n) is 4.20. The van der Waals surface area contributed by atoms with Crippen molar-refractivity contribution in [2.75, 3.05) is 49.3 Å². The van der Waals surface area contributed by atoms with Crippen LogP contribution in [0, 0.1) is 5.41 Å². The summed E-state index contributed by atoms with van der Waals surface area (Å²) in [6, 6.07) is 7.58. The Balaban J connectivity index is 1.44. The van der Waals surface area contributed by atoms with E-state index >= 15 is 0 Å². The molecule has 0 atom stereocenters. The minimum Gasteiger partial charge on any atom is -0.378 e. The fraction of sp³-hybridized carbons (Fsp3) is 0.560. The van der Waals surface area contributed by atoms with E-state index in [1.165, 1.54) is 5.56 Å². The molecule has 3 heterocycles. The van der Waals surface area contributed by atoms with E-state index in [-0.39, 0.29) is 11.4 Å². The van der Waals surface area contributed by atoms with E-state index in [1.807, 2.05) is 24.3 Å². The van der Waals surface area contributed by atoms with Crippen LogP contribution in [0.2, 0.25) is 0 Å². The molecule has 2 aliphatic rings. The smallest absolute Gasteiger partial charge is 0.319 e. The zero-order chi connectivity index (χ0) is 24.1. The predicted octanol–water partition coefficient (Wildman–Crippen LogP) is 4.52. The number of nitrogens with one attached hydrogen (secondary N) is 2. The number of hydrogen-bond acceptors (Lipinski definition) is 7. The Labute approximate surface area is 207 Å². The third-order valence-corrected chi connectivity index (χ3v) is 6.87. The molecule has 0 bridgehead atoms. The molecule has 34 heavy (non-hydrogen) atoms. The molecular formula is C25H36N6O2S. The summed E-state index contributed by atoms with van der Waals surface area (Å²) in [5.41, 5.74) is 4.29. The number of nitrogens with zero attached hydrogens (tertiary/aromatic N) is 4. The van der Waals surface area contributed by atoms with Crippen molar-refractivity contribution in [3.05, 3.63) is 35.5 Å². The standard InChI is InChI=1S/C25H36N6O2S/c1-25(2,3)10-5-11-26-24(32)27-19-8-6-18(7-9-19)22-28-21-17-31(34-4)16-20(21)23(29-22)30-12-14-33-15-13-30/h6-9H,5,10-17H2,1-4H3,(H2,26,27,32). The number of amides is 2. The van der Waals surface area contributed by atoms with Crippen LogP contribution in [0.4, 0.5) is 16.3 Å². The molecule has 1 aromatic heterocycles. The Hall–Kier alpha value is -2.36. The fourth-order valence-corrected chi connectivity index (χ4v) is 4.71. The highest BCUT2D eigenvalue weighted by Gasteiger charge is 2.28. The number of benzene rings is 1. The van der Waals surface area contributed by atoms with Crippen LogP contribution in [0.5, 0.6) is 0 Å². The molecule has 9 heteroatoms. The number of carbonyl (C=O) groups excluding carboxylic acids is 1. The molecule has 2 aromatic rings. The molecule has 2 aliphatic heterocycles. The van der Waals surface area contributed by atoms with Crippen LogP contribution in [0.1, 0.15) is 44.9 Å². The molecule has 1 aromatic carbocycles. The van der Waals surface area contributed by atoms with Crippen molar-refractivity contribution < 1.29 is 9.53 Å². The van der Waals surface area contributed by atoms with Crippen molar-refractivity contribution in [1.82, 2.24) is 19.6 Å². The van der Waals surface area contributed by atoms with Gasteiger partial charge in [0.25, 0.3) is 0 Å². The third-order valence-electron chi connectivity index (χ3n) is 6.09. The number of anilines is 2. The topological polar surface area (TPSA) is 82.6 Å². The maximum atomic E-state index is 12.2. The lowest BCUT2D eigenvalue weighted by atomic mass is 9.91. The predicted molar refractivity (Wildman–Crippen MR) is 139 cm³/mol. The lowest BCUT2D eigenvalue weighted by Crippen LogP contribution is -2.37. The van der Waals surface area contributed by atoms with Gasteiger partial charge in [-0.25, -0.2) is 19.1 Å². The summed E-state index contributed by atoms with van der Waals surface area (Å²) in [6.07, 6.45) is 4.13. The number of aromatic nitrogens is 2. The van der Waals surface area contributed by atoms with Crippen molar-refractivity contribution in [3.8, 4) is 11.4 Å². The first-order valence-corrected chi connectivity index (χ1v) is 13.2. The minimum atomic E-state index is -0.179. The van der Waals surface area contributed by atoms with Crippen molar-refractivity contribution in [3.63, 3.8) is 0 Å². The number of fused-ring (bicyclic) bond motifs is 1. The molecule has 2 N–H and O–H groups in total. The van der Waals surface area contributed by atoms with E-state index in [1.54, 1.807) is 11.9 Å². The number of ether oxygens (including phenoxy) is 1. The lowest BCUT2D eigenvalue weighted by Gasteiger charge is -2.29.